The molecule has 4 rings (SSSR count). The van der Waals surface area contributed by atoms with Gasteiger partial charge in [-0.2, -0.15) is 0 Å². The summed E-state index contributed by atoms with van der Waals surface area (Å²) in [5.74, 6) is -0.204. The fraction of sp³-hybridized carbons (Fsp3) is 0.276. The number of aryl methyl sites for hydroxylation is 1. The lowest BCUT2D eigenvalue weighted by atomic mass is 9.98. The molecule has 1 atom stereocenters. The highest BCUT2D eigenvalue weighted by Gasteiger charge is 2.31. The third-order valence-corrected chi connectivity index (χ3v) is 6.49. The molecule has 3 aromatic rings. The zero-order valence-electron chi connectivity index (χ0n) is 20.7. The molecule has 0 saturated heterocycles. The lowest BCUT2D eigenvalue weighted by Gasteiger charge is -2.26. The summed E-state index contributed by atoms with van der Waals surface area (Å²) < 4.78 is 0. The van der Waals surface area contributed by atoms with Crippen LogP contribution in [0, 0.1) is 0 Å². The fourth-order valence-electron chi connectivity index (χ4n) is 4.50. The van der Waals surface area contributed by atoms with Gasteiger partial charge in [0.15, 0.2) is 0 Å². The van der Waals surface area contributed by atoms with Crippen LogP contribution in [0.1, 0.15) is 36.5 Å². The number of amides is 4. The first-order valence-electron chi connectivity index (χ1n) is 12.3. The Hall–Kier alpha value is -4.13. The average Bonchev–Trinajstić information content (AvgIpc) is 3.04. The first-order chi connectivity index (χ1) is 17.5. The highest BCUT2D eigenvalue weighted by atomic mass is 16.2. The standard InChI is InChI=1S/C29H32N4O3/c1-3-27(34)32-25-17-16-22-8-5-7-11-26(22)33(28(25)35)19-20-12-14-21(15-13-20)24-10-6-4-9-23(24)18-31-29(36)30-2/h4-15,25H,3,16-19H2,1-2H3,(H,32,34)(H2,30,31,36)/t25-/m1/s1. The molecule has 7 heteroatoms. The minimum atomic E-state index is -0.538. The van der Waals surface area contributed by atoms with Crippen molar-refractivity contribution in [2.24, 2.45) is 0 Å². The van der Waals surface area contributed by atoms with Gasteiger partial charge in [0.1, 0.15) is 6.04 Å². The van der Waals surface area contributed by atoms with Gasteiger partial charge in [-0.05, 0) is 46.7 Å². The molecule has 3 N–H and O–H groups in total. The molecular formula is C29H32N4O3. The summed E-state index contributed by atoms with van der Waals surface area (Å²) >= 11 is 0. The van der Waals surface area contributed by atoms with Crippen LogP contribution >= 0.6 is 0 Å². The summed E-state index contributed by atoms with van der Waals surface area (Å²) in [6.07, 6.45) is 1.66. The first-order valence-corrected chi connectivity index (χ1v) is 12.3. The normalized spacial score (nSPS) is 15.0. The summed E-state index contributed by atoms with van der Waals surface area (Å²) in [7, 11) is 1.59. The maximum absolute atomic E-state index is 13.5. The van der Waals surface area contributed by atoms with Crippen LogP contribution in [-0.2, 0) is 29.1 Å². The fourth-order valence-corrected chi connectivity index (χ4v) is 4.50. The van der Waals surface area contributed by atoms with Gasteiger partial charge in [0.25, 0.3) is 0 Å². The lowest BCUT2D eigenvalue weighted by Crippen LogP contribution is -2.47. The van der Waals surface area contributed by atoms with E-state index in [-0.39, 0.29) is 17.8 Å². The molecule has 0 spiro atoms. The van der Waals surface area contributed by atoms with E-state index in [2.05, 4.69) is 16.0 Å². The lowest BCUT2D eigenvalue weighted by molar-refractivity contribution is -0.127. The van der Waals surface area contributed by atoms with Crippen molar-refractivity contribution in [1.82, 2.24) is 16.0 Å². The topological polar surface area (TPSA) is 90.5 Å². The summed E-state index contributed by atoms with van der Waals surface area (Å²) in [5.41, 5.74) is 6.08. The van der Waals surface area contributed by atoms with Crippen LogP contribution in [0.25, 0.3) is 11.1 Å². The SMILES string of the molecule is CCC(=O)N[C@@H]1CCc2ccccc2N(Cc2ccc(-c3ccccc3CNC(=O)NC)cc2)C1=O. The van der Waals surface area contributed by atoms with E-state index in [1.807, 2.05) is 72.8 Å². The van der Waals surface area contributed by atoms with Crippen LogP contribution in [0.3, 0.4) is 0 Å². The second kappa shape index (κ2) is 11.5. The summed E-state index contributed by atoms with van der Waals surface area (Å²) in [5, 5.41) is 8.31. The average molecular weight is 485 g/mol. The zero-order valence-corrected chi connectivity index (χ0v) is 20.7. The van der Waals surface area contributed by atoms with Crippen LogP contribution in [-0.4, -0.2) is 30.9 Å². The molecule has 0 unspecified atom stereocenters. The number of urea groups is 1. The third-order valence-electron chi connectivity index (χ3n) is 6.49. The molecule has 0 aliphatic carbocycles. The number of nitrogens with zero attached hydrogens (tertiary/aromatic N) is 1. The zero-order chi connectivity index (χ0) is 25.5. The van der Waals surface area contributed by atoms with E-state index in [1.54, 1.807) is 18.9 Å². The van der Waals surface area contributed by atoms with E-state index in [9.17, 15) is 14.4 Å². The summed E-state index contributed by atoms with van der Waals surface area (Å²) in [6, 6.07) is 23.3. The highest BCUT2D eigenvalue weighted by molar-refractivity contribution is 6.00. The number of rotatable bonds is 7. The molecule has 0 bridgehead atoms. The molecule has 0 fully saturated rings. The molecule has 0 radical (unpaired) electrons. The number of nitrogens with one attached hydrogen (secondary N) is 3. The summed E-state index contributed by atoms with van der Waals surface area (Å²) in [6.45, 7) is 2.62. The van der Waals surface area contributed by atoms with Crippen molar-refractivity contribution < 1.29 is 14.4 Å². The van der Waals surface area contributed by atoms with E-state index in [0.717, 1.165) is 39.9 Å². The quantitative estimate of drug-likeness (QED) is 0.470. The minimum Gasteiger partial charge on any atom is -0.344 e. The monoisotopic (exact) mass is 484 g/mol. The van der Waals surface area contributed by atoms with Gasteiger partial charge < -0.3 is 20.9 Å². The predicted octanol–water partition coefficient (Wildman–Crippen LogP) is 4.16. The number of anilines is 1. The maximum atomic E-state index is 13.5. The Morgan fingerprint density at radius 3 is 2.44 bits per heavy atom. The molecule has 36 heavy (non-hydrogen) atoms. The molecule has 4 amide bonds. The number of carbonyl (C=O) groups excluding carboxylic acids is 3. The molecule has 7 nitrogen and oxygen atoms in total. The first kappa shape index (κ1) is 25.0. The van der Waals surface area contributed by atoms with Crippen molar-refractivity contribution in [3.8, 4) is 11.1 Å². The van der Waals surface area contributed by atoms with E-state index < -0.39 is 6.04 Å². The molecule has 1 aliphatic rings. The van der Waals surface area contributed by atoms with Gasteiger partial charge in [-0.1, -0.05) is 73.7 Å². The third kappa shape index (κ3) is 5.74. The number of para-hydroxylation sites is 1. The molecule has 0 saturated carbocycles. The Labute approximate surface area is 211 Å². The Bertz CT molecular complexity index is 1240. The van der Waals surface area contributed by atoms with Crippen LogP contribution in [0.5, 0.6) is 0 Å². The van der Waals surface area contributed by atoms with Crippen LogP contribution in [0.4, 0.5) is 10.5 Å². The van der Waals surface area contributed by atoms with E-state index in [0.29, 0.717) is 25.9 Å². The van der Waals surface area contributed by atoms with E-state index >= 15 is 0 Å². The maximum Gasteiger partial charge on any atom is 0.314 e. The van der Waals surface area contributed by atoms with Gasteiger partial charge in [0.2, 0.25) is 11.8 Å². The van der Waals surface area contributed by atoms with Crippen molar-refractivity contribution in [1.29, 1.82) is 0 Å². The van der Waals surface area contributed by atoms with Gasteiger partial charge in [-0.3, -0.25) is 9.59 Å². The summed E-state index contributed by atoms with van der Waals surface area (Å²) in [4.78, 5) is 39.0. The predicted molar refractivity (Wildman–Crippen MR) is 141 cm³/mol. The largest absolute Gasteiger partial charge is 0.344 e. The smallest absolute Gasteiger partial charge is 0.314 e. The highest BCUT2D eigenvalue weighted by Crippen LogP contribution is 2.30. The van der Waals surface area contributed by atoms with Crippen molar-refractivity contribution in [2.45, 2.75) is 45.3 Å². The number of fused-ring (bicyclic) bond motifs is 1. The van der Waals surface area contributed by atoms with Gasteiger partial charge in [0, 0.05) is 25.7 Å². The number of hydrogen-bond acceptors (Lipinski definition) is 3. The molecular weight excluding hydrogens is 452 g/mol. The Balaban J connectivity index is 1.57. The van der Waals surface area contributed by atoms with Gasteiger partial charge in [-0.25, -0.2) is 4.79 Å². The van der Waals surface area contributed by atoms with Gasteiger partial charge in [0.05, 0.1) is 6.54 Å². The Kier molecular flexibility index (Phi) is 8.00. The Morgan fingerprint density at radius 1 is 0.972 bits per heavy atom. The number of benzene rings is 3. The van der Waals surface area contributed by atoms with Crippen molar-refractivity contribution in [3.63, 3.8) is 0 Å². The van der Waals surface area contributed by atoms with E-state index in [4.69, 9.17) is 0 Å². The Morgan fingerprint density at radius 2 is 1.69 bits per heavy atom. The second-order valence-electron chi connectivity index (χ2n) is 8.85. The van der Waals surface area contributed by atoms with Crippen molar-refractivity contribution in [2.75, 3.05) is 11.9 Å². The van der Waals surface area contributed by atoms with Gasteiger partial charge in [-0.15, -0.1) is 0 Å². The van der Waals surface area contributed by atoms with Crippen LogP contribution in [0.2, 0.25) is 0 Å². The molecule has 1 heterocycles. The van der Waals surface area contributed by atoms with E-state index in [1.165, 1.54) is 0 Å². The molecule has 186 valence electrons. The second-order valence-corrected chi connectivity index (χ2v) is 8.85. The minimum absolute atomic E-state index is 0.0866. The van der Waals surface area contributed by atoms with Crippen LogP contribution < -0.4 is 20.9 Å². The number of hydrogen-bond donors (Lipinski definition) is 3. The number of carbonyl (C=O) groups is 3. The van der Waals surface area contributed by atoms with Gasteiger partial charge >= 0.3 is 6.03 Å². The molecule has 0 aromatic heterocycles. The molecule has 1 aliphatic heterocycles. The van der Waals surface area contributed by atoms with Crippen molar-refractivity contribution in [3.05, 3.63) is 89.5 Å². The van der Waals surface area contributed by atoms with Crippen molar-refractivity contribution >= 4 is 23.5 Å². The molecule has 3 aromatic carbocycles. The van der Waals surface area contributed by atoms with Crippen LogP contribution in [0.15, 0.2) is 72.8 Å².